The second kappa shape index (κ2) is 8.91. The molecule has 1 aliphatic heterocycles. The number of sulfonamides is 1. The van der Waals surface area contributed by atoms with E-state index in [1.54, 1.807) is 12.1 Å². The predicted molar refractivity (Wildman–Crippen MR) is 105 cm³/mol. The smallest absolute Gasteiger partial charge is 0.243 e. The van der Waals surface area contributed by atoms with E-state index in [0.29, 0.717) is 25.1 Å². The highest BCUT2D eigenvalue weighted by atomic mass is 32.2. The van der Waals surface area contributed by atoms with Gasteiger partial charge in [-0.2, -0.15) is 4.31 Å². The zero-order valence-corrected chi connectivity index (χ0v) is 17.6. The highest BCUT2D eigenvalue weighted by Crippen LogP contribution is 2.25. The molecule has 1 aliphatic rings. The van der Waals surface area contributed by atoms with E-state index < -0.39 is 15.9 Å². The van der Waals surface area contributed by atoms with Gasteiger partial charge in [0.15, 0.2) is 0 Å². The van der Waals surface area contributed by atoms with Crippen molar-refractivity contribution in [2.45, 2.75) is 44.0 Å². The minimum atomic E-state index is -3.69. The van der Waals surface area contributed by atoms with Crippen LogP contribution in [0.1, 0.15) is 33.6 Å². The summed E-state index contributed by atoms with van der Waals surface area (Å²) in [6.45, 7) is 5.91. The molecule has 1 aromatic carbocycles. The maximum Gasteiger partial charge on any atom is 0.243 e. The van der Waals surface area contributed by atoms with Gasteiger partial charge in [0, 0.05) is 18.6 Å². The highest BCUT2D eigenvalue weighted by Gasteiger charge is 2.33. The summed E-state index contributed by atoms with van der Waals surface area (Å²) in [5, 5.41) is 5.38. The van der Waals surface area contributed by atoms with E-state index in [0.717, 1.165) is 0 Å². The van der Waals surface area contributed by atoms with Gasteiger partial charge < -0.3 is 15.4 Å². The molecule has 0 spiro atoms. The Kier molecular flexibility index (Phi) is 7.06. The number of carbonyl (C=O) groups is 2. The molecule has 0 radical (unpaired) electrons. The number of benzene rings is 1. The lowest BCUT2D eigenvalue weighted by atomic mass is 9.99. The van der Waals surface area contributed by atoms with Crippen molar-refractivity contribution in [2.75, 3.05) is 26.7 Å². The third-order valence-electron chi connectivity index (χ3n) is 4.39. The number of hydrogen-bond donors (Lipinski definition) is 2. The second-order valence-corrected chi connectivity index (χ2v) is 9.83. The number of rotatable bonds is 6. The molecule has 2 amide bonds. The molecule has 0 saturated carbocycles. The summed E-state index contributed by atoms with van der Waals surface area (Å²) >= 11 is 0. The van der Waals surface area contributed by atoms with Crippen LogP contribution < -0.4 is 15.4 Å². The van der Waals surface area contributed by atoms with Gasteiger partial charge >= 0.3 is 0 Å². The Labute approximate surface area is 166 Å². The summed E-state index contributed by atoms with van der Waals surface area (Å²) in [5.74, 6) is -0.495. The van der Waals surface area contributed by atoms with Crippen LogP contribution in [0.5, 0.6) is 5.75 Å². The number of piperidine rings is 1. The molecular weight excluding hydrogens is 382 g/mol. The molecule has 1 aromatic rings. The first kappa shape index (κ1) is 22.2. The van der Waals surface area contributed by atoms with Crippen LogP contribution >= 0.6 is 0 Å². The van der Waals surface area contributed by atoms with Gasteiger partial charge in [-0.3, -0.25) is 9.59 Å². The van der Waals surface area contributed by atoms with Gasteiger partial charge in [0.25, 0.3) is 0 Å². The van der Waals surface area contributed by atoms with Gasteiger partial charge in [0.2, 0.25) is 21.8 Å². The lowest BCUT2D eigenvalue weighted by molar-refractivity contribution is -0.129. The number of hydrogen-bond acceptors (Lipinski definition) is 5. The van der Waals surface area contributed by atoms with Gasteiger partial charge in [-0.15, -0.1) is 0 Å². The normalized spacial score (nSPS) is 18.4. The Morgan fingerprint density at radius 2 is 1.86 bits per heavy atom. The largest absolute Gasteiger partial charge is 0.497 e. The van der Waals surface area contributed by atoms with Crippen molar-refractivity contribution < 1.29 is 22.7 Å². The fraction of sp³-hybridized carbons (Fsp3) is 0.579. The maximum absolute atomic E-state index is 12.9. The Bertz CT molecular complexity index is 800. The van der Waals surface area contributed by atoms with Crippen LogP contribution in [0.15, 0.2) is 29.2 Å². The third kappa shape index (κ3) is 5.93. The summed E-state index contributed by atoms with van der Waals surface area (Å²) in [6.07, 6.45) is 1.17. The summed E-state index contributed by atoms with van der Waals surface area (Å²) in [7, 11) is -2.18. The minimum Gasteiger partial charge on any atom is -0.497 e. The summed E-state index contributed by atoms with van der Waals surface area (Å²) < 4.78 is 32.1. The SMILES string of the molecule is COc1ccc(S(=O)(=O)N2CCC[C@@H](C(=O)NCC(=O)NC(C)(C)C)C2)cc1. The zero-order valence-electron chi connectivity index (χ0n) is 16.8. The minimum absolute atomic E-state index is 0.0983. The van der Waals surface area contributed by atoms with Gasteiger partial charge in [0.1, 0.15) is 5.75 Å². The summed E-state index contributed by atoms with van der Waals surface area (Å²) in [5.41, 5.74) is -0.379. The first-order chi connectivity index (χ1) is 13.0. The molecule has 156 valence electrons. The van der Waals surface area contributed by atoms with E-state index >= 15 is 0 Å². The van der Waals surface area contributed by atoms with Crippen molar-refractivity contribution in [1.82, 2.24) is 14.9 Å². The van der Waals surface area contributed by atoms with Crippen LogP contribution in [0.25, 0.3) is 0 Å². The molecule has 0 bridgehead atoms. The fourth-order valence-corrected chi connectivity index (χ4v) is 4.57. The molecule has 2 rings (SSSR count). The Morgan fingerprint density at radius 3 is 2.43 bits per heavy atom. The van der Waals surface area contributed by atoms with Crippen molar-refractivity contribution in [3.05, 3.63) is 24.3 Å². The van der Waals surface area contributed by atoms with E-state index in [1.165, 1.54) is 23.5 Å². The quantitative estimate of drug-likeness (QED) is 0.730. The van der Waals surface area contributed by atoms with Gasteiger partial charge in [0.05, 0.1) is 24.5 Å². The van der Waals surface area contributed by atoms with Crippen molar-refractivity contribution in [1.29, 1.82) is 0 Å². The average molecular weight is 412 g/mol. The van der Waals surface area contributed by atoms with E-state index in [4.69, 9.17) is 4.74 Å². The number of nitrogens with zero attached hydrogens (tertiary/aromatic N) is 1. The second-order valence-electron chi connectivity index (χ2n) is 7.89. The Balaban J connectivity index is 1.98. The van der Waals surface area contributed by atoms with Crippen molar-refractivity contribution >= 4 is 21.8 Å². The molecule has 0 aliphatic carbocycles. The number of carbonyl (C=O) groups excluding carboxylic acids is 2. The van der Waals surface area contributed by atoms with E-state index in [1.807, 2.05) is 20.8 Å². The molecule has 1 atom stereocenters. The first-order valence-corrected chi connectivity index (χ1v) is 10.7. The molecule has 0 aromatic heterocycles. The molecule has 2 N–H and O–H groups in total. The number of ether oxygens (including phenoxy) is 1. The zero-order chi connectivity index (χ0) is 20.9. The van der Waals surface area contributed by atoms with Gasteiger partial charge in [-0.25, -0.2) is 8.42 Å². The monoisotopic (exact) mass is 411 g/mol. The van der Waals surface area contributed by atoms with Crippen LogP contribution in [-0.4, -0.2) is 56.8 Å². The standard InChI is InChI=1S/C19H29N3O5S/c1-19(2,3)21-17(23)12-20-18(24)14-6-5-11-22(13-14)28(25,26)16-9-7-15(27-4)8-10-16/h7-10,14H,5-6,11-13H2,1-4H3,(H,20,24)(H,21,23)/t14-/m1/s1. The molecule has 8 nitrogen and oxygen atoms in total. The molecule has 1 saturated heterocycles. The highest BCUT2D eigenvalue weighted by molar-refractivity contribution is 7.89. The predicted octanol–water partition coefficient (Wildman–Crippen LogP) is 1.13. The maximum atomic E-state index is 12.9. The molecule has 1 heterocycles. The van der Waals surface area contributed by atoms with Crippen LogP contribution in [0.4, 0.5) is 0 Å². The molecule has 1 fully saturated rings. The summed E-state index contributed by atoms with van der Waals surface area (Å²) in [6, 6.07) is 6.17. The molecule has 9 heteroatoms. The number of methoxy groups -OCH3 is 1. The Hall–Kier alpha value is -2.13. The lowest BCUT2D eigenvalue weighted by Gasteiger charge is -2.31. The first-order valence-electron chi connectivity index (χ1n) is 9.26. The van der Waals surface area contributed by atoms with Crippen molar-refractivity contribution in [3.8, 4) is 5.75 Å². The number of nitrogens with one attached hydrogen (secondary N) is 2. The van der Waals surface area contributed by atoms with Gasteiger partial charge in [-0.05, 0) is 57.9 Å². The van der Waals surface area contributed by atoms with Crippen LogP contribution in [0, 0.1) is 5.92 Å². The van der Waals surface area contributed by atoms with Gasteiger partial charge in [-0.1, -0.05) is 0 Å². The van der Waals surface area contributed by atoms with Crippen LogP contribution in [0.3, 0.4) is 0 Å². The molecule has 0 unspecified atom stereocenters. The van der Waals surface area contributed by atoms with E-state index in [9.17, 15) is 18.0 Å². The molecule has 28 heavy (non-hydrogen) atoms. The Morgan fingerprint density at radius 1 is 1.21 bits per heavy atom. The van der Waals surface area contributed by atoms with Crippen molar-refractivity contribution in [3.63, 3.8) is 0 Å². The van der Waals surface area contributed by atoms with E-state index in [2.05, 4.69) is 10.6 Å². The third-order valence-corrected chi connectivity index (χ3v) is 6.27. The number of amides is 2. The topological polar surface area (TPSA) is 105 Å². The lowest BCUT2D eigenvalue weighted by Crippen LogP contribution is -2.49. The average Bonchev–Trinajstić information content (AvgIpc) is 2.65. The molecular formula is C19H29N3O5S. The van der Waals surface area contributed by atoms with E-state index in [-0.39, 0.29) is 35.3 Å². The summed E-state index contributed by atoms with van der Waals surface area (Å²) in [4.78, 5) is 24.5. The fourth-order valence-electron chi connectivity index (χ4n) is 3.05. The van der Waals surface area contributed by atoms with Crippen molar-refractivity contribution in [2.24, 2.45) is 5.92 Å². The van der Waals surface area contributed by atoms with Crippen LogP contribution in [-0.2, 0) is 19.6 Å². The van der Waals surface area contributed by atoms with Crippen LogP contribution in [0.2, 0.25) is 0 Å².